The summed E-state index contributed by atoms with van der Waals surface area (Å²) in [6.07, 6.45) is 0. The molecule has 0 saturated carbocycles. The number of nitrogen functional groups attached to an aromatic ring is 1. The number of aromatic nitrogens is 2. The Bertz CT molecular complexity index is 641. The lowest BCUT2D eigenvalue weighted by atomic mass is 10.1. The van der Waals surface area contributed by atoms with Gasteiger partial charge in [-0.05, 0) is 27.1 Å². The molecule has 0 bridgehead atoms. The standard InChI is InChI=1S/C15H21N5O/c1-4-20(10-9-19(2)3)14(21)13-11-7-5-6-8-12(11)17-15(16)18-13/h5-8H,4,9-10H2,1-3H3,(H2,16,17,18). The molecule has 0 saturated heterocycles. The second-order valence-electron chi connectivity index (χ2n) is 5.14. The number of hydrogen-bond acceptors (Lipinski definition) is 5. The molecule has 0 aliphatic heterocycles. The molecule has 1 aromatic carbocycles. The quantitative estimate of drug-likeness (QED) is 0.895. The van der Waals surface area contributed by atoms with Gasteiger partial charge in [-0.3, -0.25) is 4.79 Å². The van der Waals surface area contributed by atoms with Crippen molar-refractivity contribution in [1.82, 2.24) is 19.8 Å². The Morgan fingerprint density at radius 3 is 2.57 bits per heavy atom. The van der Waals surface area contributed by atoms with Crippen molar-refractivity contribution in [2.45, 2.75) is 6.92 Å². The van der Waals surface area contributed by atoms with Crippen molar-refractivity contribution in [3.63, 3.8) is 0 Å². The summed E-state index contributed by atoms with van der Waals surface area (Å²) < 4.78 is 0. The molecule has 2 rings (SSSR count). The van der Waals surface area contributed by atoms with E-state index >= 15 is 0 Å². The van der Waals surface area contributed by atoms with Crippen LogP contribution in [0.25, 0.3) is 10.9 Å². The number of carbonyl (C=O) groups excluding carboxylic acids is 1. The van der Waals surface area contributed by atoms with Gasteiger partial charge in [0, 0.05) is 25.0 Å². The van der Waals surface area contributed by atoms with E-state index in [0.29, 0.717) is 24.3 Å². The van der Waals surface area contributed by atoms with E-state index in [2.05, 4.69) is 9.97 Å². The van der Waals surface area contributed by atoms with Crippen LogP contribution in [0.1, 0.15) is 17.4 Å². The molecule has 1 amide bonds. The van der Waals surface area contributed by atoms with Crippen LogP contribution in [0.5, 0.6) is 0 Å². The number of rotatable bonds is 5. The van der Waals surface area contributed by atoms with Crippen LogP contribution < -0.4 is 5.73 Å². The van der Waals surface area contributed by atoms with Crippen LogP contribution in [-0.4, -0.2) is 59.4 Å². The number of hydrogen-bond donors (Lipinski definition) is 1. The average molecular weight is 287 g/mol. The number of para-hydroxylation sites is 1. The van der Waals surface area contributed by atoms with Crippen molar-refractivity contribution >= 4 is 22.8 Å². The Morgan fingerprint density at radius 1 is 1.19 bits per heavy atom. The van der Waals surface area contributed by atoms with Crippen molar-refractivity contribution in [2.75, 3.05) is 39.5 Å². The molecule has 0 radical (unpaired) electrons. The molecule has 112 valence electrons. The lowest BCUT2D eigenvalue weighted by molar-refractivity contribution is 0.0750. The molecule has 6 nitrogen and oxygen atoms in total. The van der Waals surface area contributed by atoms with Gasteiger partial charge in [0.05, 0.1) is 5.52 Å². The van der Waals surface area contributed by atoms with Gasteiger partial charge in [-0.15, -0.1) is 0 Å². The summed E-state index contributed by atoms with van der Waals surface area (Å²) in [7, 11) is 3.97. The van der Waals surface area contributed by atoms with Gasteiger partial charge in [0.2, 0.25) is 5.95 Å². The van der Waals surface area contributed by atoms with Gasteiger partial charge < -0.3 is 15.5 Å². The molecular formula is C15H21N5O. The molecule has 0 fully saturated rings. The summed E-state index contributed by atoms with van der Waals surface area (Å²) in [5, 5.41) is 0.736. The van der Waals surface area contributed by atoms with E-state index in [1.54, 1.807) is 4.90 Å². The number of anilines is 1. The van der Waals surface area contributed by atoms with E-state index in [4.69, 9.17) is 5.73 Å². The lowest BCUT2D eigenvalue weighted by Gasteiger charge is -2.23. The van der Waals surface area contributed by atoms with Crippen molar-refractivity contribution in [1.29, 1.82) is 0 Å². The molecule has 2 aromatic rings. The first-order valence-corrected chi connectivity index (χ1v) is 6.99. The average Bonchev–Trinajstić information content (AvgIpc) is 2.46. The molecule has 0 aliphatic carbocycles. The van der Waals surface area contributed by atoms with E-state index in [-0.39, 0.29) is 11.9 Å². The van der Waals surface area contributed by atoms with Gasteiger partial charge in [0.25, 0.3) is 5.91 Å². The molecular weight excluding hydrogens is 266 g/mol. The predicted octanol–water partition coefficient (Wildman–Crippen LogP) is 1.24. The fraction of sp³-hybridized carbons (Fsp3) is 0.400. The van der Waals surface area contributed by atoms with Crippen LogP contribution in [0.15, 0.2) is 24.3 Å². The smallest absolute Gasteiger partial charge is 0.273 e. The van der Waals surface area contributed by atoms with Gasteiger partial charge in [-0.25, -0.2) is 9.97 Å². The Kier molecular flexibility index (Phi) is 4.70. The monoisotopic (exact) mass is 287 g/mol. The highest BCUT2D eigenvalue weighted by atomic mass is 16.2. The highest BCUT2D eigenvalue weighted by Gasteiger charge is 2.19. The molecule has 0 atom stereocenters. The summed E-state index contributed by atoms with van der Waals surface area (Å²) in [5.41, 5.74) is 6.79. The van der Waals surface area contributed by atoms with Crippen molar-refractivity contribution in [2.24, 2.45) is 0 Å². The van der Waals surface area contributed by atoms with Gasteiger partial charge in [0.1, 0.15) is 5.69 Å². The Labute approximate surface area is 124 Å². The second kappa shape index (κ2) is 6.49. The molecule has 0 aliphatic rings. The van der Waals surface area contributed by atoms with Crippen LogP contribution in [0.3, 0.4) is 0 Å². The molecule has 0 spiro atoms. The first-order valence-electron chi connectivity index (χ1n) is 6.99. The Hall–Kier alpha value is -2.21. The highest BCUT2D eigenvalue weighted by molar-refractivity contribution is 6.04. The lowest BCUT2D eigenvalue weighted by Crippen LogP contribution is -2.37. The number of benzene rings is 1. The van der Waals surface area contributed by atoms with Gasteiger partial charge in [-0.1, -0.05) is 18.2 Å². The van der Waals surface area contributed by atoms with Crippen molar-refractivity contribution in [3.8, 4) is 0 Å². The number of nitrogens with zero attached hydrogens (tertiary/aromatic N) is 4. The third kappa shape index (κ3) is 3.46. The van der Waals surface area contributed by atoms with Crippen LogP contribution in [0, 0.1) is 0 Å². The zero-order valence-corrected chi connectivity index (χ0v) is 12.7. The minimum absolute atomic E-state index is 0.107. The topological polar surface area (TPSA) is 75.3 Å². The molecule has 21 heavy (non-hydrogen) atoms. The summed E-state index contributed by atoms with van der Waals surface area (Å²) in [4.78, 5) is 24.9. The van der Waals surface area contributed by atoms with Crippen molar-refractivity contribution in [3.05, 3.63) is 30.0 Å². The number of fused-ring (bicyclic) bond motifs is 1. The zero-order valence-electron chi connectivity index (χ0n) is 12.7. The number of amides is 1. The van der Waals surface area contributed by atoms with Gasteiger partial charge in [-0.2, -0.15) is 0 Å². The Morgan fingerprint density at radius 2 is 1.90 bits per heavy atom. The summed E-state index contributed by atoms with van der Waals surface area (Å²) in [6, 6.07) is 7.42. The van der Waals surface area contributed by atoms with Crippen molar-refractivity contribution < 1.29 is 4.79 Å². The summed E-state index contributed by atoms with van der Waals surface area (Å²) in [5.74, 6) is 0.0189. The largest absolute Gasteiger partial charge is 0.368 e. The number of carbonyl (C=O) groups is 1. The zero-order chi connectivity index (χ0) is 15.4. The maximum Gasteiger partial charge on any atom is 0.273 e. The highest BCUT2D eigenvalue weighted by Crippen LogP contribution is 2.18. The molecule has 1 heterocycles. The molecule has 6 heteroatoms. The number of likely N-dealkylation sites (N-methyl/N-ethyl adjacent to an activating group) is 2. The summed E-state index contributed by atoms with van der Waals surface area (Å²) >= 11 is 0. The van der Waals surface area contributed by atoms with E-state index in [0.717, 1.165) is 11.9 Å². The van der Waals surface area contributed by atoms with Gasteiger partial charge >= 0.3 is 0 Å². The number of nitrogens with two attached hydrogens (primary N) is 1. The third-order valence-corrected chi connectivity index (χ3v) is 3.31. The fourth-order valence-electron chi connectivity index (χ4n) is 2.13. The van der Waals surface area contributed by atoms with Gasteiger partial charge in [0.15, 0.2) is 0 Å². The Balaban J connectivity index is 2.37. The van der Waals surface area contributed by atoms with E-state index in [1.165, 1.54) is 0 Å². The first kappa shape index (κ1) is 15.2. The molecule has 1 aromatic heterocycles. The van der Waals surface area contributed by atoms with E-state index in [9.17, 15) is 4.79 Å². The SMILES string of the molecule is CCN(CCN(C)C)C(=O)c1nc(N)nc2ccccc12. The second-order valence-corrected chi connectivity index (χ2v) is 5.14. The van der Waals surface area contributed by atoms with E-state index < -0.39 is 0 Å². The molecule has 0 unspecified atom stereocenters. The normalized spacial score (nSPS) is 11.0. The van der Waals surface area contributed by atoms with Crippen LogP contribution in [-0.2, 0) is 0 Å². The third-order valence-electron chi connectivity index (χ3n) is 3.31. The van der Waals surface area contributed by atoms with Crippen LogP contribution in [0.4, 0.5) is 5.95 Å². The fourth-order valence-corrected chi connectivity index (χ4v) is 2.13. The van der Waals surface area contributed by atoms with Crippen LogP contribution >= 0.6 is 0 Å². The first-order chi connectivity index (χ1) is 10.0. The minimum atomic E-state index is -0.107. The maximum atomic E-state index is 12.7. The minimum Gasteiger partial charge on any atom is -0.368 e. The molecule has 2 N–H and O–H groups in total. The van der Waals surface area contributed by atoms with Crippen LogP contribution in [0.2, 0.25) is 0 Å². The maximum absolute atomic E-state index is 12.7. The van der Waals surface area contributed by atoms with E-state index in [1.807, 2.05) is 50.2 Å². The summed E-state index contributed by atoms with van der Waals surface area (Å²) in [6.45, 7) is 4.05. The predicted molar refractivity (Wildman–Crippen MR) is 84.1 cm³/mol.